The van der Waals surface area contributed by atoms with Gasteiger partial charge in [-0.15, -0.1) is 0 Å². The summed E-state index contributed by atoms with van der Waals surface area (Å²) in [7, 11) is 3.83. The topological polar surface area (TPSA) is 57.3 Å². The van der Waals surface area contributed by atoms with Crippen molar-refractivity contribution in [3.05, 3.63) is 59.4 Å². The van der Waals surface area contributed by atoms with Crippen LogP contribution in [-0.2, 0) is 17.1 Å². The lowest BCUT2D eigenvalue weighted by atomic mass is 9.95. The molecule has 3 rings (SSSR count). The Morgan fingerprint density at radius 1 is 1.10 bits per heavy atom. The number of hydrogen-bond acceptors (Lipinski definition) is 4. The van der Waals surface area contributed by atoms with E-state index in [0.717, 1.165) is 17.4 Å². The van der Waals surface area contributed by atoms with Crippen LogP contribution in [-0.4, -0.2) is 50.3 Å². The van der Waals surface area contributed by atoms with Gasteiger partial charge in [-0.2, -0.15) is 22.0 Å². The summed E-state index contributed by atoms with van der Waals surface area (Å²) in [5, 5.41) is 6.02. The van der Waals surface area contributed by atoms with Gasteiger partial charge >= 0.3 is 12.1 Å². The molecule has 0 saturated carbocycles. The number of benzene rings is 1. The van der Waals surface area contributed by atoms with Crippen molar-refractivity contribution in [2.75, 3.05) is 32.1 Å². The maximum atomic E-state index is 13.4. The lowest BCUT2D eigenvalue weighted by molar-refractivity contribution is -0.290. The minimum absolute atomic E-state index is 0.173. The number of nitrogens with one attached hydrogen (secondary N) is 2. The molecule has 31 heavy (non-hydrogen) atoms. The summed E-state index contributed by atoms with van der Waals surface area (Å²) in [5.74, 6) is -5.51. The van der Waals surface area contributed by atoms with Crippen molar-refractivity contribution in [3.63, 3.8) is 0 Å². The number of anilines is 1. The highest BCUT2D eigenvalue weighted by Gasteiger charge is 2.59. The van der Waals surface area contributed by atoms with Crippen molar-refractivity contribution < 1.29 is 26.7 Å². The zero-order chi connectivity index (χ0) is 22.8. The van der Waals surface area contributed by atoms with Gasteiger partial charge in [0, 0.05) is 51.0 Å². The largest absolute Gasteiger partial charge is 0.459 e. The standard InChI is InChI=1S/C21H23F5N4O/c1-30(2)15-6-3-13(4-7-15)9-19(31)29-17-12-27-11-16(17)14-5-8-18(28-10-14)20(22,23)21(24,25)26/h3-8,10,16-17,27H,9,11-12H2,1-2H3,(H,29,31)/t16-,17+/m0/s1. The summed E-state index contributed by atoms with van der Waals surface area (Å²) in [6, 6.07) is 9.11. The number of carbonyl (C=O) groups is 1. The van der Waals surface area contributed by atoms with Crippen molar-refractivity contribution in [1.29, 1.82) is 0 Å². The Morgan fingerprint density at radius 2 is 1.77 bits per heavy atom. The molecule has 1 aromatic carbocycles. The van der Waals surface area contributed by atoms with Gasteiger partial charge in [0.2, 0.25) is 5.91 Å². The molecule has 2 heterocycles. The second-order valence-electron chi connectivity index (χ2n) is 7.73. The minimum atomic E-state index is -5.71. The predicted octanol–water partition coefficient (Wildman–Crippen LogP) is 3.22. The van der Waals surface area contributed by atoms with E-state index in [0.29, 0.717) is 24.7 Å². The molecule has 2 N–H and O–H groups in total. The van der Waals surface area contributed by atoms with Gasteiger partial charge in [0.1, 0.15) is 5.69 Å². The second kappa shape index (κ2) is 8.78. The van der Waals surface area contributed by atoms with Crippen LogP contribution in [0.4, 0.5) is 27.6 Å². The Hall–Kier alpha value is -2.75. The predicted molar refractivity (Wildman–Crippen MR) is 106 cm³/mol. The number of hydrogen-bond donors (Lipinski definition) is 2. The molecule has 5 nitrogen and oxygen atoms in total. The molecule has 0 unspecified atom stereocenters. The van der Waals surface area contributed by atoms with Gasteiger partial charge < -0.3 is 15.5 Å². The Bertz CT molecular complexity index is 897. The highest BCUT2D eigenvalue weighted by Crippen LogP contribution is 2.43. The van der Waals surface area contributed by atoms with Crippen LogP contribution in [0.2, 0.25) is 0 Å². The van der Waals surface area contributed by atoms with E-state index in [1.807, 2.05) is 43.3 Å². The first-order valence-electron chi connectivity index (χ1n) is 9.66. The lowest BCUT2D eigenvalue weighted by Gasteiger charge is -2.22. The second-order valence-corrected chi connectivity index (χ2v) is 7.73. The molecule has 0 bridgehead atoms. The van der Waals surface area contributed by atoms with Crippen molar-refractivity contribution in [2.24, 2.45) is 0 Å². The Labute approximate surface area is 176 Å². The van der Waals surface area contributed by atoms with Crippen LogP contribution in [0, 0.1) is 0 Å². The SMILES string of the molecule is CN(C)c1ccc(CC(=O)N[C@@H]2CNC[C@H]2c2ccc(C(F)(F)C(F)(F)F)nc2)cc1. The monoisotopic (exact) mass is 442 g/mol. The smallest absolute Gasteiger partial charge is 0.378 e. The van der Waals surface area contributed by atoms with Crippen LogP contribution >= 0.6 is 0 Å². The van der Waals surface area contributed by atoms with Gasteiger partial charge in [0.25, 0.3) is 0 Å². The third-order valence-corrected chi connectivity index (χ3v) is 5.27. The summed E-state index contributed by atoms with van der Waals surface area (Å²) >= 11 is 0. The molecule has 2 aromatic rings. The average molecular weight is 442 g/mol. The van der Waals surface area contributed by atoms with E-state index >= 15 is 0 Å². The quantitative estimate of drug-likeness (QED) is 0.675. The van der Waals surface area contributed by atoms with E-state index in [1.165, 1.54) is 6.07 Å². The van der Waals surface area contributed by atoms with E-state index in [9.17, 15) is 26.7 Å². The van der Waals surface area contributed by atoms with Crippen molar-refractivity contribution in [1.82, 2.24) is 15.6 Å². The van der Waals surface area contributed by atoms with Gasteiger partial charge in [-0.05, 0) is 29.3 Å². The van der Waals surface area contributed by atoms with Gasteiger partial charge in [-0.3, -0.25) is 9.78 Å². The highest BCUT2D eigenvalue weighted by molar-refractivity contribution is 5.79. The van der Waals surface area contributed by atoms with E-state index in [4.69, 9.17) is 0 Å². The highest BCUT2D eigenvalue weighted by atomic mass is 19.4. The van der Waals surface area contributed by atoms with Crippen molar-refractivity contribution in [2.45, 2.75) is 30.5 Å². The van der Waals surface area contributed by atoms with Gasteiger partial charge in [0.05, 0.1) is 6.42 Å². The molecule has 1 aromatic heterocycles. The fraction of sp³-hybridized carbons (Fsp3) is 0.429. The summed E-state index contributed by atoms with van der Waals surface area (Å²) in [4.78, 5) is 17.8. The van der Waals surface area contributed by atoms with E-state index in [1.54, 1.807) is 0 Å². The maximum Gasteiger partial charge on any atom is 0.459 e. The zero-order valence-corrected chi connectivity index (χ0v) is 17.0. The molecule has 0 spiro atoms. The molecule has 168 valence electrons. The number of alkyl halides is 5. The van der Waals surface area contributed by atoms with Gasteiger partial charge in [0.15, 0.2) is 0 Å². The summed E-state index contributed by atoms with van der Waals surface area (Å²) in [6.07, 6.45) is -4.52. The number of rotatable bonds is 6. The molecular weight excluding hydrogens is 419 g/mol. The van der Waals surface area contributed by atoms with Crippen LogP contribution in [0.5, 0.6) is 0 Å². The number of pyridine rings is 1. The first kappa shape index (κ1) is 22.9. The lowest BCUT2D eigenvalue weighted by Crippen LogP contribution is -2.40. The number of halogens is 5. The normalized spacial score (nSPS) is 19.3. The Kier molecular flexibility index (Phi) is 6.49. The first-order valence-corrected chi connectivity index (χ1v) is 9.66. The van der Waals surface area contributed by atoms with E-state index in [2.05, 4.69) is 15.6 Å². The molecule has 1 fully saturated rings. The van der Waals surface area contributed by atoms with Crippen LogP contribution < -0.4 is 15.5 Å². The van der Waals surface area contributed by atoms with Crippen LogP contribution in [0.25, 0.3) is 0 Å². The molecule has 1 saturated heterocycles. The third-order valence-electron chi connectivity index (χ3n) is 5.27. The van der Waals surface area contributed by atoms with Gasteiger partial charge in [-0.25, -0.2) is 0 Å². The summed E-state index contributed by atoms with van der Waals surface area (Å²) in [5.41, 5.74) is 0.978. The molecule has 0 radical (unpaired) electrons. The maximum absolute atomic E-state index is 13.4. The zero-order valence-electron chi connectivity index (χ0n) is 17.0. The Balaban J connectivity index is 1.65. The van der Waals surface area contributed by atoms with Crippen molar-refractivity contribution in [3.8, 4) is 0 Å². The Morgan fingerprint density at radius 3 is 2.32 bits per heavy atom. The van der Waals surface area contributed by atoms with Crippen LogP contribution in [0.15, 0.2) is 42.6 Å². The van der Waals surface area contributed by atoms with E-state index in [-0.39, 0.29) is 24.3 Å². The molecule has 0 aliphatic carbocycles. The molecule has 1 aliphatic rings. The van der Waals surface area contributed by atoms with E-state index < -0.39 is 17.8 Å². The molecule has 2 atom stereocenters. The minimum Gasteiger partial charge on any atom is -0.378 e. The van der Waals surface area contributed by atoms with Crippen LogP contribution in [0.3, 0.4) is 0 Å². The van der Waals surface area contributed by atoms with Gasteiger partial charge in [-0.1, -0.05) is 18.2 Å². The average Bonchev–Trinajstić information content (AvgIpc) is 3.15. The summed E-state index contributed by atoms with van der Waals surface area (Å²) in [6.45, 7) is 0.898. The van der Waals surface area contributed by atoms with Crippen LogP contribution in [0.1, 0.15) is 22.7 Å². The molecular formula is C21H23F5N4O. The number of nitrogens with zero attached hydrogens (tertiary/aromatic N) is 2. The fourth-order valence-corrected chi connectivity index (χ4v) is 3.49. The third kappa shape index (κ3) is 5.12. The molecule has 1 amide bonds. The number of aromatic nitrogens is 1. The molecule has 1 aliphatic heterocycles. The first-order chi connectivity index (χ1) is 14.5. The van der Waals surface area contributed by atoms with Crippen molar-refractivity contribution >= 4 is 11.6 Å². The fourth-order valence-electron chi connectivity index (χ4n) is 3.49. The number of amides is 1. The molecule has 10 heteroatoms. The number of carbonyl (C=O) groups excluding carboxylic acids is 1. The summed E-state index contributed by atoms with van der Waals surface area (Å²) < 4.78 is 64.4.